The molecule has 0 aliphatic rings. The van der Waals surface area contributed by atoms with Gasteiger partial charge in [0.05, 0.1) is 23.9 Å². The molecule has 0 saturated heterocycles. The molecule has 2 N–H and O–H groups in total. The molecule has 0 atom stereocenters. The standard InChI is InChI=1S/C25H25N5O4/c1-3-34-22-7-5-4-6-19(22)21-16-28-23-14-17(8-12-30(21)23)24(31)27-10-13-29-11-9-18(26-2)15-20(29)25(32)33/h4-9,11-12,14-16H,3,10,13H2,1-2H3,(H,27,31)(H,32,33). The number of hydrogen-bond acceptors (Lipinski definition) is 5. The van der Waals surface area contributed by atoms with E-state index in [0.717, 1.165) is 17.0 Å². The highest BCUT2D eigenvalue weighted by molar-refractivity contribution is 5.95. The van der Waals surface area contributed by atoms with Gasteiger partial charge in [0, 0.05) is 43.7 Å². The Kier molecular flexibility index (Phi) is 6.72. The average molecular weight is 460 g/mol. The van der Waals surface area contributed by atoms with Gasteiger partial charge in [0.25, 0.3) is 5.91 Å². The normalized spacial score (nSPS) is 11.5. The van der Waals surface area contributed by atoms with Crippen molar-refractivity contribution in [3.05, 3.63) is 83.7 Å². The second-order valence-corrected chi connectivity index (χ2v) is 7.46. The van der Waals surface area contributed by atoms with Crippen molar-refractivity contribution < 1.29 is 19.4 Å². The highest BCUT2D eigenvalue weighted by Gasteiger charge is 2.14. The summed E-state index contributed by atoms with van der Waals surface area (Å²) in [5.41, 5.74) is 2.99. The molecule has 0 radical (unpaired) electrons. The minimum absolute atomic E-state index is 0.107. The summed E-state index contributed by atoms with van der Waals surface area (Å²) in [6.07, 6.45) is 5.21. The Labute approximate surface area is 196 Å². The third-order valence-corrected chi connectivity index (χ3v) is 5.37. The molecule has 3 heterocycles. The lowest BCUT2D eigenvalue weighted by molar-refractivity contribution is 0.0684. The first kappa shape index (κ1) is 22.8. The predicted molar refractivity (Wildman–Crippen MR) is 127 cm³/mol. The highest BCUT2D eigenvalue weighted by atomic mass is 16.5. The summed E-state index contributed by atoms with van der Waals surface area (Å²) in [4.78, 5) is 32.7. The first-order chi connectivity index (χ1) is 16.5. The summed E-state index contributed by atoms with van der Waals surface area (Å²) in [5.74, 6) is -0.546. The molecule has 9 nitrogen and oxygen atoms in total. The van der Waals surface area contributed by atoms with Crippen LogP contribution in [0, 0.1) is 0 Å². The molecule has 1 aromatic carbocycles. The number of carboxylic acids is 1. The zero-order valence-corrected chi connectivity index (χ0v) is 18.9. The van der Waals surface area contributed by atoms with Gasteiger partial charge in [0.2, 0.25) is 0 Å². The van der Waals surface area contributed by atoms with E-state index in [1.165, 1.54) is 6.07 Å². The van der Waals surface area contributed by atoms with Crippen LogP contribution in [0.1, 0.15) is 27.8 Å². The smallest absolute Gasteiger partial charge is 0.352 e. The Hall–Kier alpha value is -4.40. The molecule has 0 fully saturated rings. The second kappa shape index (κ2) is 10.0. The van der Waals surface area contributed by atoms with Crippen LogP contribution in [0.3, 0.4) is 0 Å². The monoisotopic (exact) mass is 459 g/mol. The average Bonchev–Trinajstić information content (AvgIpc) is 3.27. The van der Waals surface area contributed by atoms with Gasteiger partial charge in [-0.1, -0.05) is 12.1 Å². The number of rotatable bonds is 8. The van der Waals surface area contributed by atoms with Crippen molar-refractivity contribution in [2.75, 3.05) is 20.2 Å². The number of carbonyl (C=O) groups is 2. The number of aromatic carboxylic acids is 1. The van der Waals surface area contributed by atoms with Gasteiger partial charge in [-0.3, -0.25) is 14.2 Å². The second-order valence-electron chi connectivity index (χ2n) is 7.46. The number of aromatic nitrogens is 3. The van der Waals surface area contributed by atoms with Gasteiger partial charge in [0.1, 0.15) is 17.1 Å². The predicted octanol–water partition coefficient (Wildman–Crippen LogP) is 2.86. The van der Waals surface area contributed by atoms with Gasteiger partial charge in [-0.05, 0) is 43.3 Å². The fourth-order valence-corrected chi connectivity index (χ4v) is 3.71. The van der Waals surface area contributed by atoms with Crippen LogP contribution < -0.4 is 15.4 Å². The van der Waals surface area contributed by atoms with Crippen LogP contribution in [0.5, 0.6) is 5.75 Å². The molecule has 1 amide bonds. The van der Waals surface area contributed by atoms with Crippen molar-refractivity contribution in [3.8, 4) is 17.0 Å². The Morgan fingerprint density at radius 3 is 2.74 bits per heavy atom. The van der Waals surface area contributed by atoms with E-state index in [1.807, 2.05) is 35.6 Å². The third-order valence-electron chi connectivity index (χ3n) is 5.37. The van der Waals surface area contributed by atoms with Crippen LogP contribution in [-0.2, 0) is 6.54 Å². The van der Waals surface area contributed by atoms with Crippen molar-refractivity contribution in [3.63, 3.8) is 0 Å². The lowest BCUT2D eigenvalue weighted by Gasteiger charge is -2.12. The van der Waals surface area contributed by atoms with E-state index in [9.17, 15) is 14.7 Å². The van der Waals surface area contributed by atoms with Crippen molar-refractivity contribution >= 4 is 17.5 Å². The van der Waals surface area contributed by atoms with E-state index >= 15 is 0 Å². The van der Waals surface area contributed by atoms with Crippen LogP contribution in [0.25, 0.3) is 16.9 Å². The number of carbonyl (C=O) groups excluding carboxylic acids is 1. The van der Waals surface area contributed by atoms with Gasteiger partial charge < -0.3 is 19.7 Å². The maximum Gasteiger partial charge on any atom is 0.352 e. The largest absolute Gasteiger partial charge is 0.493 e. The molecule has 4 rings (SSSR count). The van der Waals surface area contributed by atoms with Crippen molar-refractivity contribution in [1.29, 1.82) is 0 Å². The molecule has 0 unspecified atom stereocenters. The number of nitrogens with one attached hydrogen (secondary N) is 1. The number of pyridine rings is 2. The van der Waals surface area contributed by atoms with Gasteiger partial charge in [0.15, 0.2) is 0 Å². The van der Waals surface area contributed by atoms with Crippen LogP contribution in [0.2, 0.25) is 0 Å². The zero-order chi connectivity index (χ0) is 24.1. The molecule has 174 valence electrons. The topological polar surface area (TPSA) is 110 Å². The van der Waals surface area contributed by atoms with Crippen molar-refractivity contribution in [2.45, 2.75) is 13.5 Å². The van der Waals surface area contributed by atoms with E-state index in [0.29, 0.717) is 29.7 Å². The van der Waals surface area contributed by atoms with E-state index in [2.05, 4.69) is 15.3 Å². The quantitative estimate of drug-likeness (QED) is 0.421. The van der Waals surface area contributed by atoms with Gasteiger partial charge in [-0.25, -0.2) is 9.78 Å². The van der Waals surface area contributed by atoms with Crippen molar-refractivity contribution in [2.24, 2.45) is 4.99 Å². The molecule has 34 heavy (non-hydrogen) atoms. The SMILES string of the molecule is CCOc1ccccc1-c1cnc2cc(C(=O)NCCn3ccc(=NC)cc3C(=O)O)ccn12. The molecule has 0 spiro atoms. The summed E-state index contributed by atoms with van der Waals surface area (Å²) in [7, 11) is 1.60. The highest BCUT2D eigenvalue weighted by Crippen LogP contribution is 2.30. The van der Waals surface area contributed by atoms with Crippen molar-refractivity contribution in [1.82, 2.24) is 19.3 Å². The Morgan fingerprint density at radius 2 is 1.97 bits per heavy atom. The summed E-state index contributed by atoms with van der Waals surface area (Å²) in [6.45, 7) is 3.07. The minimum Gasteiger partial charge on any atom is -0.493 e. The van der Waals surface area contributed by atoms with E-state index in [-0.39, 0.29) is 18.1 Å². The lowest BCUT2D eigenvalue weighted by Crippen LogP contribution is -2.29. The number of benzene rings is 1. The Bertz CT molecular complexity index is 1420. The van der Waals surface area contributed by atoms with Crippen LogP contribution in [0.4, 0.5) is 0 Å². The van der Waals surface area contributed by atoms with E-state index < -0.39 is 5.97 Å². The number of para-hydroxylation sites is 1. The summed E-state index contributed by atoms with van der Waals surface area (Å²) in [6, 6.07) is 14.4. The molecule has 4 aromatic rings. The van der Waals surface area contributed by atoms with E-state index in [4.69, 9.17) is 4.74 Å². The van der Waals surface area contributed by atoms with E-state index in [1.54, 1.807) is 48.4 Å². The van der Waals surface area contributed by atoms with Gasteiger partial charge in [-0.15, -0.1) is 0 Å². The molecular weight excluding hydrogens is 434 g/mol. The molecule has 0 aliphatic carbocycles. The molecule has 0 aliphatic heterocycles. The molecular formula is C25H25N5O4. The maximum absolute atomic E-state index is 12.7. The maximum atomic E-state index is 12.7. The summed E-state index contributed by atoms with van der Waals surface area (Å²) < 4.78 is 9.21. The lowest BCUT2D eigenvalue weighted by atomic mass is 10.1. The van der Waals surface area contributed by atoms with Crippen LogP contribution in [-0.4, -0.2) is 51.1 Å². The number of nitrogens with zero attached hydrogens (tertiary/aromatic N) is 4. The first-order valence-corrected chi connectivity index (χ1v) is 10.9. The zero-order valence-electron chi connectivity index (χ0n) is 18.9. The van der Waals surface area contributed by atoms with Crippen LogP contribution >= 0.6 is 0 Å². The van der Waals surface area contributed by atoms with Gasteiger partial charge in [-0.2, -0.15) is 0 Å². The number of imidazole rings is 1. The van der Waals surface area contributed by atoms with Gasteiger partial charge >= 0.3 is 5.97 Å². The molecule has 0 bridgehead atoms. The fraction of sp³-hybridized carbons (Fsp3) is 0.200. The number of amides is 1. The summed E-state index contributed by atoms with van der Waals surface area (Å²) in [5, 5.41) is 12.9. The number of carboxylic acid groups (broad SMARTS) is 1. The number of ether oxygens (including phenoxy) is 1. The first-order valence-electron chi connectivity index (χ1n) is 10.9. The number of hydrogen-bond donors (Lipinski definition) is 2. The minimum atomic E-state index is -1.05. The molecule has 0 saturated carbocycles. The fourth-order valence-electron chi connectivity index (χ4n) is 3.71. The molecule has 9 heteroatoms. The number of fused-ring (bicyclic) bond motifs is 1. The third kappa shape index (κ3) is 4.68. The Morgan fingerprint density at radius 1 is 1.15 bits per heavy atom. The molecule has 3 aromatic heterocycles. The summed E-state index contributed by atoms with van der Waals surface area (Å²) >= 11 is 0. The van der Waals surface area contributed by atoms with Crippen LogP contribution in [0.15, 0.2) is 72.1 Å². The Balaban J connectivity index is 1.49.